The standard InChI is InChI=1S/C17H29NO3SSi/c1-12-8-17(19,9-13(2)21-12)15-18-14(11-22-15)10-20-7-6-16(3,4)23-5/h11-13,19H,6-10H2,1-5H3. The molecule has 0 bridgehead atoms. The van der Waals surface area contributed by atoms with Crippen LogP contribution in [0, 0.1) is 0 Å². The van der Waals surface area contributed by atoms with Crippen molar-refractivity contribution in [1.29, 1.82) is 0 Å². The summed E-state index contributed by atoms with van der Waals surface area (Å²) in [7, 11) is 0.921. The maximum absolute atomic E-state index is 10.9. The minimum Gasteiger partial charge on any atom is -0.382 e. The summed E-state index contributed by atoms with van der Waals surface area (Å²) in [6, 6.07) is 0. The van der Waals surface area contributed by atoms with Crippen LogP contribution in [0.25, 0.3) is 0 Å². The highest BCUT2D eigenvalue weighted by Gasteiger charge is 2.40. The van der Waals surface area contributed by atoms with Crippen LogP contribution in [0.5, 0.6) is 0 Å². The molecule has 130 valence electrons. The molecule has 0 aliphatic carbocycles. The van der Waals surface area contributed by atoms with E-state index in [0.717, 1.165) is 33.2 Å². The molecule has 2 rings (SSSR count). The summed E-state index contributed by atoms with van der Waals surface area (Å²) in [5.41, 5.74) is 0.0627. The van der Waals surface area contributed by atoms with Crippen molar-refractivity contribution in [2.75, 3.05) is 6.61 Å². The second-order valence-electron chi connectivity index (χ2n) is 7.28. The molecule has 2 radical (unpaired) electrons. The normalized spacial score (nSPS) is 29.0. The SMILES string of the molecule is C[Si]C(C)(C)CCOCc1csc(C2(O)CC(C)OC(C)C2)n1. The number of aliphatic hydroxyl groups is 1. The monoisotopic (exact) mass is 355 g/mol. The van der Waals surface area contributed by atoms with Crippen LogP contribution in [-0.4, -0.2) is 38.4 Å². The molecule has 1 aromatic rings. The van der Waals surface area contributed by atoms with E-state index in [1.165, 1.54) is 11.3 Å². The summed E-state index contributed by atoms with van der Waals surface area (Å²) in [5, 5.41) is 14.1. The highest BCUT2D eigenvalue weighted by atomic mass is 32.1. The zero-order valence-electron chi connectivity index (χ0n) is 14.9. The third-order valence-corrected chi connectivity index (χ3v) is 7.15. The highest BCUT2D eigenvalue weighted by Crippen LogP contribution is 2.38. The Bertz CT molecular complexity index is 496. The number of ether oxygens (including phenoxy) is 2. The van der Waals surface area contributed by atoms with Crippen LogP contribution in [0.2, 0.25) is 11.6 Å². The van der Waals surface area contributed by atoms with E-state index in [2.05, 4.69) is 25.4 Å². The van der Waals surface area contributed by atoms with E-state index in [0.29, 0.717) is 24.5 Å². The smallest absolute Gasteiger partial charge is 0.125 e. The van der Waals surface area contributed by atoms with Crippen LogP contribution in [-0.2, 0) is 21.7 Å². The zero-order valence-corrected chi connectivity index (χ0v) is 16.7. The van der Waals surface area contributed by atoms with Gasteiger partial charge in [-0.05, 0) is 25.3 Å². The number of aromatic nitrogens is 1. The Balaban J connectivity index is 1.88. The predicted octanol–water partition coefficient (Wildman–Crippen LogP) is 3.78. The molecule has 0 aromatic carbocycles. The predicted molar refractivity (Wildman–Crippen MR) is 95.2 cm³/mol. The van der Waals surface area contributed by atoms with Crippen LogP contribution < -0.4 is 0 Å². The first-order valence-corrected chi connectivity index (χ1v) is 10.7. The van der Waals surface area contributed by atoms with Crippen LogP contribution >= 0.6 is 11.3 Å². The molecule has 2 heterocycles. The van der Waals surface area contributed by atoms with Crippen LogP contribution in [0.4, 0.5) is 0 Å². The van der Waals surface area contributed by atoms with Gasteiger partial charge in [0.15, 0.2) is 0 Å². The molecule has 1 aliphatic rings. The van der Waals surface area contributed by atoms with Crippen LogP contribution in [0.3, 0.4) is 0 Å². The van der Waals surface area contributed by atoms with E-state index < -0.39 is 5.60 Å². The Morgan fingerprint density at radius 1 is 1.43 bits per heavy atom. The Labute approximate surface area is 146 Å². The van der Waals surface area contributed by atoms with Crippen molar-refractivity contribution >= 4 is 20.9 Å². The van der Waals surface area contributed by atoms with Gasteiger partial charge in [-0.1, -0.05) is 20.4 Å². The lowest BCUT2D eigenvalue weighted by atomic mass is 9.88. The van der Waals surface area contributed by atoms with Crippen LogP contribution in [0.15, 0.2) is 5.38 Å². The second-order valence-corrected chi connectivity index (χ2v) is 9.99. The average Bonchev–Trinajstić information content (AvgIpc) is 2.92. The molecule has 0 spiro atoms. The number of thiazole rings is 1. The van der Waals surface area contributed by atoms with Crippen molar-refractivity contribution in [2.24, 2.45) is 0 Å². The lowest BCUT2D eigenvalue weighted by molar-refractivity contribution is -0.135. The van der Waals surface area contributed by atoms with Gasteiger partial charge in [-0.25, -0.2) is 4.98 Å². The zero-order chi connectivity index (χ0) is 17.1. The first-order chi connectivity index (χ1) is 10.7. The van der Waals surface area contributed by atoms with Crippen molar-refractivity contribution in [3.8, 4) is 0 Å². The fourth-order valence-electron chi connectivity index (χ4n) is 2.92. The van der Waals surface area contributed by atoms with E-state index in [4.69, 9.17) is 9.47 Å². The van der Waals surface area contributed by atoms with Gasteiger partial charge in [0, 0.05) is 34.3 Å². The molecule has 0 saturated carbocycles. The highest BCUT2D eigenvalue weighted by molar-refractivity contribution is 7.09. The Hall–Kier alpha value is -0.273. The number of rotatable bonds is 7. The molecule has 0 amide bonds. The minimum atomic E-state index is -0.856. The molecular formula is C17H29NO3SSi. The molecule has 4 nitrogen and oxygen atoms in total. The summed E-state index contributed by atoms with van der Waals surface area (Å²) >= 11 is 1.53. The quantitative estimate of drug-likeness (QED) is 0.597. The van der Waals surface area contributed by atoms with Gasteiger partial charge < -0.3 is 14.6 Å². The lowest BCUT2D eigenvalue weighted by Gasteiger charge is -2.37. The molecule has 1 saturated heterocycles. The fraction of sp³-hybridized carbons (Fsp3) is 0.824. The van der Waals surface area contributed by atoms with E-state index >= 15 is 0 Å². The first-order valence-electron chi connectivity index (χ1n) is 8.33. The summed E-state index contributed by atoms with van der Waals surface area (Å²) in [6.45, 7) is 12.1. The van der Waals surface area contributed by atoms with Gasteiger partial charge in [-0.3, -0.25) is 0 Å². The van der Waals surface area contributed by atoms with Crippen molar-refractivity contribution in [3.05, 3.63) is 16.1 Å². The summed E-state index contributed by atoms with van der Waals surface area (Å²) in [4.78, 5) is 4.62. The summed E-state index contributed by atoms with van der Waals surface area (Å²) in [6.07, 6.45) is 2.40. The fourth-order valence-corrected chi connectivity index (χ4v) is 4.19. The van der Waals surface area contributed by atoms with Gasteiger partial charge in [0.25, 0.3) is 0 Å². The van der Waals surface area contributed by atoms with E-state index in [1.54, 1.807) is 0 Å². The molecule has 2 unspecified atom stereocenters. The third-order valence-electron chi connectivity index (χ3n) is 4.46. The maximum Gasteiger partial charge on any atom is 0.125 e. The summed E-state index contributed by atoms with van der Waals surface area (Å²) in [5.74, 6) is 0. The van der Waals surface area contributed by atoms with Gasteiger partial charge in [0.1, 0.15) is 10.6 Å². The average molecular weight is 356 g/mol. The van der Waals surface area contributed by atoms with E-state index in [1.807, 2.05) is 19.2 Å². The minimum absolute atomic E-state index is 0.0597. The van der Waals surface area contributed by atoms with Gasteiger partial charge in [-0.15, -0.1) is 11.3 Å². The Kier molecular flexibility index (Phi) is 6.41. The van der Waals surface area contributed by atoms with Crippen LogP contribution in [0.1, 0.15) is 57.7 Å². The molecule has 6 heteroatoms. The number of hydrogen-bond acceptors (Lipinski definition) is 5. The topological polar surface area (TPSA) is 51.6 Å². The second kappa shape index (κ2) is 7.74. The maximum atomic E-state index is 10.9. The largest absolute Gasteiger partial charge is 0.382 e. The molecule has 1 aliphatic heterocycles. The molecule has 23 heavy (non-hydrogen) atoms. The van der Waals surface area contributed by atoms with Gasteiger partial charge in [0.2, 0.25) is 0 Å². The molecular weight excluding hydrogens is 326 g/mol. The van der Waals surface area contributed by atoms with Gasteiger partial charge >= 0.3 is 0 Å². The van der Waals surface area contributed by atoms with Crippen molar-refractivity contribution in [1.82, 2.24) is 4.98 Å². The first kappa shape index (κ1) is 19.1. The Morgan fingerprint density at radius 2 is 2.09 bits per heavy atom. The van der Waals surface area contributed by atoms with Crippen molar-refractivity contribution in [3.63, 3.8) is 0 Å². The lowest BCUT2D eigenvalue weighted by Crippen LogP contribution is -2.41. The molecule has 2 atom stereocenters. The van der Waals surface area contributed by atoms with Crippen molar-refractivity contribution < 1.29 is 14.6 Å². The third kappa shape index (κ3) is 5.36. The van der Waals surface area contributed by atoms with E-state index in [-0.39, 0.29) is 12.2 Å². The van der Waals surface area contributed by atoms with Gasteiger partial charge in [0.05, 0.1) is 24.5 Å². The Morgan fingerprint density at radius 3 is 2.70 bits per heavy atom. The van der Waals surface area contributed by atoms with Gasteiger partial charge in [-0.2, -0.15) is 0 Å². The molecule has 1 aromatic heterocycles. The van der Waals surface area contributed by atoms with Crippen molar-refractivity contribution in [2.45, 2.75) is 83.0 Å². The molecule has 1 N–H and O–H groups in total. The summed E-state index contributed by atoms with van der Waals surface area (Å²) < 4.78 is 11.5. The number of hydrogen-bond donors (Lipinski definition) is 1. The molecule has 1 fully saturated rings. The number of nitrogens with zero attached hydrogens (tertiary/aromatic N) is 1. The van der Waals surface area contributed by atoms with E-state index in [9.17, 15) is 5.11 Å².